The van der Waals surface area contributed by atoms with Crippen molar-refractivity contribution in [2.75, 3.05) is 13.2 Å². The van der Waals surface area contributed by atoms with Gasteiger partial charge in [-0.05, 0) is 25.2 Å². The molecule has 0 aromatic carbocycles. The number of hydrogen-bond acceptors (Lipinski definition) is 6. The summed E-state index contributed by atoms with van der Waals surface area (Å²) in [6.45, 7) is 8.89. The van der Waals surface area contributed by atoms with Gasteiger partial charge in [-0.25, -0.2) is 0 Å². The molecule has 1 atom stereocenters. The van der Waals surface area contributed by atoms with Crippen LogP contribution >= 0.6 is 0 Å². The van der Waals surface area contributed by atoms with E-state index in [-0.39, 0.29) is 31.1 Å². The second kappa shape index (κ2) is 41.6. The van der Waals surface area contributed by atoms with E-state index in [0.717, 1.165) is 63.7 Å². The Hall–Kier alpha value is -1.59. The van der Waals surface area contributed by atoms with Crippen LogP contribution < -0.4 is 0 Å². The van der Waals surface area contributed by atoms with E-state index in [4.69, 9.17) is 14.2 Å². The molecule has 0 fully saturated rings. The molecule has 0 aliphatic heterocycles. The molecule has 0 saturated carbocycles. The zero-order chi connectivity index (χ0) is 38.9. The lowest BCUT2D eigenvalue weighted by atomic mass is 10.0. The average molecular weight is 751 g/mol. The van der Waals surface area contributed by atoms with E-state index in [1.807, 2.05) is 0 Å². The highest BCUT2D eigenvalue weighted by Gasteiger charge is 2.19. The van der Waals surface area contributed by atoms with Crippen LogP contribution in [0, 0.1) is 5.92 Å². The Morgan fingerprint density at radius 1 is 0.358 bits per heavy atom. The Morgan fingerprint density at radius 3 is 0.925 bits per heavy atom. The molecule has 0 aromatic rings. The fraction of sp³-hybridized carbons (Fsp3) is 0.936. The quantitative estimate of drug-likeness (QED) is 0.0351. The maximum Gasteiger partial charge on any atom is 0.306 e. The molecule has 0 aliphatic rings. The first-order valence-corrected chi connectivity index (χ1v) is 23.4. The first-order valence-electron chi connectivity index (χ1n) is 23.4. The van der Waals surface area contributed by atoms with Crippen molar-refractivity contribution in [3.8, 4) is 0 Å². The van der Waals surface area contributed by atoms with Gasteiger partial charge in [0.2, 0.25) is 0 Å². The summed E-state index contributed by atoms with van der Waals surface area (Å²) in [7, 11) is 0. The number of hydrogen-bond donors (Lipinski definition) is 0. The van der Waals surface area contributed by atoms with Gasteiger partial charge in [-0.1, -0.05) is 220 Å². The molecule has 6 nitrogen and oxygen atoms in total. The molecule has 0 bridgehead atoms. The molecule has 0 saturated heterocycles. The number of esters is 3. The van der Waals surface area contributed by atoms with E-state index in [1.54, 1.807) is 0 Å². The molecule has 0 aliphatic carbocycles. The third-order valence-corrected chi connectivity index (χ3v) is 10.5. The summed E-state index contributed by atoms with van der Waals surface area (Å²) in [6, 6.07) is 0. The van der Waals surface area contributed by atoms with Gasteiger partial charge in [0, 0.05) is 19.3 Å². The van der Waals surface area contributed by atoms with Gasteiger partial charge >= 0.3 is 17.9 Å². The highest BCUT2D eigenvalue weighted by Crippen LogP contribution is 2.16. The van der Waals surface area contributed by atoms with E-state index >= 15 is 0 Å². The lowest BCUT2D eigenvalue weighted by molar-refractivity contribution is -0.167. The van der Waals surface area contributed by atoms with Crippen molar-refractivity contribution in [3.05, 3.63) is 0 Å². The van der Waals surface area contributed by atoms with Gasteiger partial charge in [0.25, 0.3) is 0 Å². The van der Waals surface area contributed by atoms with Crippen molar-refractivity contribution < 1.29 is 28.6 Å². The minimum absolute atomic E-state index is 0.0651. The Balaban J connectivity index is 4.12. The van der Waals surface area contributed by atoms with E-state index < -0.39 is 6.10 Å². The molecule has 0 unspecified atom stereocenters. The van der Waals surface area contributed by atoms with E-state index in [9.17, 15) is 14.4 Å². The third-order valence-electron chi connectivity index (χ3n) is 10.5. The minimum Gasteiger partial charge on any atom is -0.462 e. The van der Waals surface area contributed by atoms with Crippen molar-refractivity contribution >= 4 is 17.9 Å². The number of unbranched alkanes of at least 4 members (excludes halogenated alkanes) is 29. The van der Waals surface area contributed by atoms with Crippen LogP contribution in [-0.2, 0) is 28.6 Å². The summed E-state index contributed by atoms with van der Waals surface area (Å²) in [5.41, 5.74) is 0. The predicted octanol–water partition coefficient (Wildman–Crippen LogP) is 14.7. The fourth-order valence-electron chi connectivity index (χ4n) is 6.98. The average Bonchev–Trinajstić information content (AvgIpc) is 3.14. The van der Waals surface area contributed by atoms with Crippen LogP contribution in [0.3, 0.4) is 0 Å². The standard InChI is InChI=1S/C47H90O6/c1-5-7-9-11-13-14-15-16-17-18-19-20-21-22-23-24-26-30-34-38-45(48)51-41-44(53-47(50)40-36-32-25-12-10-8-6-2)42-52-46(49)39-35-31-28-27-29-33-37-43(3)4/h43-44H,5-42H2,1-4H3/t44-/m0/s1. The van der Waals surface area contributed by atoms with E-state index in [1.165, 1.54) is 154 Å². The van der Waals surface area contributed by atoms with Crippen LogP contribution in [0.4, 0.5) is 0 Å². The summed E-state index contributed by atoms with van der Waals surface area (Å²) < 4.78 is 16.6. The van der Waals surface area contributed by atoms with Gasteiger partial charge in [-0.3, -0.25) is 14.4 Å². The SMILES string of the molecule is CCCCCCCCCCCCCCCCCCCCCC(=O)OC[C@@H](COC(=O)CCCCCCCCC(C)C)OC(=O)CCCCCCCCC. The normalized spacial score (nSPS) is 11.9. The molecule has 0 radical (unpaired) electrons. The maximum atomic E-state index is 12.6. The summed E-state index contributed by atoms with van der Waals surface area (Å²) in [6.07, 6.45) is 41.2. The van der Waals surface area contributed by atoms with Crippen LogP contribution in [0.25, 0.3) is 0 Å². The van der Waals surface area contributed by atoms with Crippen molar-refractivity contribution in [2.24, 2.45) is 5.92 Å². The second-order valence-corrected chi connectivity index (χ2v) is 16.5. The smallest absolute Gasteiger partial charge is 0.306 e. The Morgan fingerprint density at radius 2 is 0.623 bits per heavy atom. The maximum absolute atomic E-state index is 12.6. The molecular formula is C47H90O6. The molecule has 0 amide bonds. The molecular weight excluding hydrogens is 661 g/mol. The molecule has 0 aromatic heterocycles. The summed E-state index contributed by atoms with van der Waals surface area (Å²) in [5, 5.41) is 0. The zero-order valence-corrected chi connectivity index (χ0v) is 36.0. The molecule has 0 spiro atoms. The monoisotopic (exact) mass is 751 g/mol. The topological polar surface area (TPSA) is 78.9 Å². The minimum atomic E-state index is -0.758. The van der Waals surface area contributed by atoms with Crippen LogP contribution in [0.5, 0.6) is 0 Å². The summed E-state index contributed by atoms with van der Waals surface area (Å²) in [5.74, 6) is -0.102. The number of ether oxygens (including phenoxy) is 3. The van der Waals surface area contributed by atoms with Gasteiger partial charge in [0.15, 0.2) is 6.10 Å². The summed E-state index contributed by atoms with van der Waals surface area (Å²) >= 11 is 0. The first kappa shape index (κ1) is 51.4. The van der Waals surface area contributed by atoms with Crippen molar-refractivity contribution in [1.29, 1.82) is 0 Å². The molecule has 0 heterocycles. The molecule has 0 rings (SSSR count). The first-order chi connectivity index (χ1) is 25.9. The van der Waals surface area contributed by atoms with Gasteiger partial charge in [-0.2, -0.15) is 0 Å². The zero-order valence-electron chi connectivity index (χ0n) is 36.0. The lowest BCUT2D eigenvalue weighted by Crippen LogP contribution is -2.30. The van der Waals surface area contributed by atoms with Crippen LogP contribution in [0.15, 0.2) is 0 Å². The predicted molar refractivity (Wildman–Crippen MR) is 224 cm³/mol. The Kier molecular flexibility index (Phi) is 40.3. The Labute approximate surface area is 329 Å². The van der Waals surface area contributed by atoms with Gasteiger partial charge in [0.1, 0.15) is 13.2 Å². The summed E-state index contributed by atoms with van der Waals surface area (Å²) in [4.78, 5) is 37.5. The third kappa shape index (κ3) is 41.4. The van der Waals surface area contributed by atoms with Crippen LogP contribution in [0.1, 0.15) is 259 Å². The van der Waals surface area contributed by atoms with E-state index in [0.29, 0.717) is 19.3 Å². The fourth-order valence-corrected chi connectivity index (χ4v) is 6.98. The van der Waals surface area contributed by atoms with Crippen molar-refractivity contribution in [1.82, 2.24) is 0 Å². The van der Waals surface area contributed by atoms with Crippen molar-refractivity contribution in [2.45, 2.75) is 265 Å². The van der Waals surface area contributed by atoms with Crippen molar-refractivity contribution in [3.63, 3.8) is 0 Å². The largest absolute Gasteiger partial charge is 0.462 e. The molecule has 53 heavy (non-hydrogen) atoms. The second-order valence-electron chi connectivity index (χ2n) is 16.5. The Bertz CT molecular complexity index is 796. The lowest BCUT2D eigenvalue weighted by Gasteiger charge is -2.18. The number of rotatable bonds is 42. The highest BCUT2D eigenvalue weighted by atomic mass is 16.6. The van der Waals surface area contributed by atoms with Crippen LogP contribution in [-0.4, -0.2) is 37.2 Å². The van der Waals surface area contributed by atoms with Gasteiger partial charge in [0.05, 0.1) is 0 Å². The molecule has 6 heteroatoms. The highest BCUT2D eigenvalue weighted by molar-refractivity contribution is 5.71. The number of carbonyl (C=O) groups excluding carboxylic acids is 3. The molecule has 0 N–H and O–H groups in total. The van der Waals surface area contributed by atoms with E-state index in [2.05, 4.69) is 27.7 Å². The number of carbonyl (C=O) groups is 3. The van der Waals surface area contributed by atoms with Gasteiger partial charge in [-0.15, -0.1) is 0 Å². The van der Waals surface area contributed by atoms with Gasteiger partial charge < -0.3 is 14.2 Å². The van der Waals surface area contributed by atoms with Crippen LogP contribution in [0.2, 0.25) is 0 Å². The molecule has 314 valence electrons.